The topological polar surface area (TPSA) is 135 Å². The molecular formula is C27H27N7. The minimum atomic E-state index is -0.195. The Morgan fingerprint density at radius 1 is 0.853 bits per heavy atom. The summed E-state index contributed by atoms with van der Waals surface area (Å²) < 4.78 is 0. The van der Waals surface area contributed by atoms with Gasteiger partial charge in [-0.2, -0.15) is 21.0 Å². The van der Waals surface area contributed by atoms with Crippen molar-refractivity contribution >= 4 is 0 Å². The van der Waals surface area contributed by atoms with Crippen LogP contribution in [0.25, 0.3) is 4.85 Å². The summed E-state index contributed by atoms with van der Waals surface area (Å²) in [6, 6.07) is 10.2. The van der Waals surface area contributed by atoms with Crippen LogP contribution in [-0.2, 0) is 0 Å². The van der Waals surface area contributed by atoms with Gasteiger partial charge in [0.05, 0.1) is 35.9 Å². The number of hydrogen-bond donors (Lipinski definition) is 1. The molecule has 0 aromatic rings. The second-order valence-electron chi connectivity index (χ2n) is 10.2. The van der Waals surface area contributed by atoms with Gasteiger partial charge in [0.25, 0.3) is 5.70 Å². The number of nitrogens with one attached hydrogen (secondary N) is 1. The smallest absolute Gasteiger partial charge is 0.266 e. The molecule has 0 bridgehead atoms. The Labute approximate surface area is 202 Å². The van der Waals surface area contributed by atoms with E-state index < -0.39 is 0 Å². The lowest BCUT2D eigenvalue weighted by Crippen LogP contribution is -2.28. The Morgan fingerprint density at radius 3 is 1.97 bits per heavy atom. The molecule has 2 rings (SSSR count). The van der Waals surface area contributed by atoms with Gasteiger partial charge in [0.15, 0.2) is 0 Å². The monoisotopic (exact) mass is 449 g/mol. The first-order valence-electron chi connectivity index (χ1n) is 11.1. The summed E-state index contributed by atoms with van der Waals surface area (Å²) in [5.74, 6) is 0. The van der Waals surface area contributed by atoms with Gasteiger partial charge in [-0.1, -0.05) is 33.3 Å². The maximum Gasteiger partial charge on any atom is 0.266 e. The summed E-state index contributed by atoms with van der Waals surface area (Å²) in [5.41, 5.74) is 3.15. The van der Waals surface area contributed by atoms with E-state index in [9.17, 15) is 26.3 Å². The Bertz CT molecular complexity index is 1120. The lowest BCUT2D eigenvalue weighted by atomic mass is 9.70. The van der Waals surface area contributed by atoms with Crippen LogP contribution >= 0.6 is 0 Å². The third-order valence-electron chi connectivity index (χ3n) is 6.16. The van der Waals surface area contributed by atoms with Crippen LogP contribution in [0.3, 0.4) is 0 Å². The van der Waals surface area contributed by atoms with Gasteiger partial charge in [-0.15, -0.1) is 0 Å². The molecule has 1 N–H and O–H groups in total. The molecule has 7 nitrogen and oxygen atoms in total. The molecule has 170 valence electrons. The van der Waals surface area contributed by atoms with Gasteiger partial charge >= 0.3 is 0 Å². The van der Waals surface area contributed by atoms with Gasteiger partial charge in [0.1, 0.15) is 17.7 Å². The van der Waals surface area contributed by atoms with Gasteiger partial charge in [-0.3, -0.25) is 0 Å². The minimum Gasteiger partial charge on any atom is -0.387 e. The molecule has 0 aliphatic heterocycles. The largest absolute Gasteiger partial charge is 0.387 e. The van der Waals surface area contributed by atoms with E-state index in [1.165, 1.54) is 0 Å². The van der Waals surface area contributed by atoms with Crippen molar-refractivity contribution in [1.29, 1.82) is 26.3 Å². The fourth-order valence-corrected chi connectivity index (χ4v) is 4.81. The maximum atomic E-state index is 9.78. The Balaban J connectivity index is 2.30. The highest BCUT2D eigenvalue weighted by Crippen LogP contribution is 2.44. The number of nitrogens with zero attached hydrogens (tertiary/aromatic N) is 6. The first kappa shape index (κ1) is 26.0. The molecule has 0 saturated carbocycles. The second kappa shape index (κ2) is 10.5. The zero-order valence-electron chi connectivity index (χ0n) is 20.1. The SMILES string of the molecule is [C-]#[N+]/C(C#N)=C1\CC(C)(C)CC(NCCCC2=C(C#N)C(=C(C#N)C#N)CC(C)(C)C2)=C1C#N. The molecule has 0 aromatic heterocycles. The van der Waals surface area contributed by atoms with E-state index in [0.29, 0.717) is 67.4 Å². The van der Waals surface area contributed by atoms with Gasteiger partial charge in [0, 0.05) is 12.2 Å². The van der Waals surface area contributed by atoms with Crippen LogP contribution < -0.4 is 5.32 Å². The van der Waals surface area contributed by atoms with E-state index in [0.717, 1.165) is 11.3 Å². The zero-order valence-corrected chi connectivity index (χ0v) is 20.1. The Morgan fingerprint density at radius 2 is 1.44 bits per heavy atom. The molecule has 2 aliphatic rings. The van der Waals surface area contributed by atoms with E-state index in [1.807, 2.05) is 32.1 Å². The normalized spacial score (nSPS) is 20.0. The van der Waals surface area contributed by atoms with Gasteiger partial charge in [0.2, 0.25) is 0 Å². The summed E-state index contributed by atoms with van der Waals surface area (Å²) in [7, 11) is 0. The molecule has 0 radical (unpaired) electrons. The van der Waals surface area contributed by atoms with Crippen molar-refractivity contribution in [2.24, 2.45) is 10.8 Å². The summed E-state index contributed by atoms with van der Waals surface area (Å²) >= 11 is 0. The fourth-order valence-electron chi connectivity index (χ4n) is 4.81. The summed E-state index contributed by atoms with van der Waals surface area (Å²) in [5, 5.41) is 50.9. The fraction of sp³-hybridized carbons (Fsp3) is 0.481. The van der Waals surface area contributed by atoms with E-state index in [4.69, 9.17) is 6.57 Å². The van der Waals surface area contributed by atoms with E-state index >= 15 is 0 Å². The van der Waals surface area contributed by atoms with Crippen molar-refractivity contribution in [2.45, 2.75) is 66.2 Å². The summed E-state index contributed by atoms with van der Waals surface area (Å²) in [6.07, 6.45) is 3.67. The quantitative estimate of drug-likeness (QED) is 0.328. The third kappa shape index (κ3) is 5.73. The highest BCUT2D eigenvalue weighted by molar-refractivity contribution is 5.58. The molecule has 0 atom stereocenters. The third-order valence-corrected chi connectivity index (χ3v) is 6.16. The Hall–Kier alpha value is -4.30. The van der Waals surface area contributed by atoms with Crippen LogP contribution in [0.1, 0.15) is 66.2 Å². The molecule has 0 heterocycles. The molecule has 0 fully saturated rings. The van der Waals surface area contributed by atoms with E-state index in [1.54, 1.807) is 0 Å². The number of allylic oxidation sites excluding steroid dienone is 8. The number of hydrogen-bond acceptors (Lipinski definition) is 6. The maximum absolute atomic E-state index is 9.78. The first-order chi connectivity index (χ1) is 16.1. The molecule has 0 aromatic carbocycles. The predicted octanol–water partition coefficient (Wildman–Crippen LogP) is 5.63. The standard InChI is InChI=1S/C27H27N7/c1-26(2)9-18(22(15-30)20(10-26)19(13-28)14-29)7-6-8-34-24-12-27(3,4)11-21(23(24)16-31)25(17-32)33-5/h34H,6-12H2,1-4H3/b25-21+. The predicted molar refractivity (Wildman–Crippen MR) is 126 cm³/mol. The van der Waals surface area contributed by atoms with Crippen LogP contribution in [0.5, 0.6) is 0 Å². The molecule has 0 unspecified atom stereocenters. The number of rotatable bonds is 5. The minimum absolute atomic E-state index is 0.000580. The zero-order chi connectivity index (χ0) is 25.5. The van der Waals surface area contributed by atoms with Crippen molar-refractivity contribution in [1.82, 2.24) is 5.32 Å². The average Bonchev–Trinajstić information content (AvgIpc) is 2.77. The van der Waals surface area contributed by atoms with Crippen molar-refractivity contribution in [2.75, 3.05) is 6.54 Å². The van der Waals surface area contributed by atoms with Crippen LogP contribution in [0.2, 0.25) is 0 Å². The average molecular weight is 450 g/mol. The highest BCUT2D eigenvalue weighted by Gasteiger charge is 2.34. The molecule has 0 amide bonds. The second-order valence-corrected chi connectivity index (χ2v) is 10.2. The van der Waals surface area contributed by atoms with Crippen LogP contribution in [-0.4, -0.2) is 6.54 Å². The molecule has 7 heteroatoms. The van der Waals surface area contributed by atoms with Crippen LogP contribution in [0.15, 0.2) is 44.8 Å². The molecule has 34 heavy (non-hydrogen) atoms. The highest BCUT2D eigenvalue weighted by atomic mass is 14.9. The lowest BCUT2D eigenvalue weighted by molar-refractivity contribution is 0.335. The molecular weight excluding hydrogens is 422 g/mol. The summed E-state index contributed by atoms with van der Waals surface area (Å²) in [4.78, 5) is 3.32. The van der Waals surface area contributed by atoms with Gasteiger partial charge < -0.3 is 5.32 Å². The number of nitriles is 5. The van der Waals surface area contributed by atoms with Crippen molar-refractivity contribution in [3.8, 4) is 30.3 Å². The molecule has 0 spiro atoms. The van der Waals surface area contributed by atoms with Crippen LogP contribution in [0, 0.1) is 74.1 Å². The Kier molecular flexibility index (Phi) is 8.05. The van der Waals surface area contributed by atoms with Crippen molar-refractivity contribution < 1.29 is 0 Å². The van der Waals surface area contributed by atoms with E-state index in [2.05, 4.69) is 36.1 Å². The van der Waals surface area contributed by atoms with Crippen molar-refractivity contribution in [3.63, 3.8) is 0 Å². The van der Waals surface area contributed by atoms with Gasteiger partial charge in [-0.05, 0) is 60.5 Å². The first-order valence-corrected chi connectivity index (χ1v) is 11.1. The van der Waals surface area contributed by atoms with Gasteiger partial charge in [-0.25, -0.2) is 10.1 Å². The lowest BCUT2D eigenvalue weighted by Gasteiger charge is -2.34. The van der Waals surface area contributed by atoms with E-state index in [-0.39, 0.29) is 22.1 Å². The summed E-state index contributed by atoms with van der Waals surface area (Å²) in [6.45, 7) is 16.1. The van der Waals surface area contributed by atoms with Crippen LogP contribution in [0.4, 0.5) is 0 Å². The molecule has 0 saturated heterocycles. The van der Waals surface area contributed by atoms with Crippen molar-refractivity contribution in [3.05, 3.63) is 56.2 Å². The molecule has 2 aliphatic carbocycles.